The molecule has 3 heterocycles. The van der Waals surface area contributed by atoms with Gasteiger partial charge in [0.15, 0.2) is 5.71 Å². The fourth-order valence-electron chi connectivity index (χ4n) is 6.36. The van der Waals surface area contributed by atoms with E-state index in [1.807, 2.05) is 75.6 Å². The van der Waals surface area contributed by atoms with Gasteiger partial charge in [-0.3, -0.25) is 18.9 Å². The number of pyridine rings is 1. The summed E-state index contributed by atoms with van der Waals surface area (Å²) in [5, 5.41) is 2.59. The molecule has 2 aliphatic rings. The van der Waals surface area contributed by atoms with Crippen molar-refractivity contribution in [3.05, 3.63) is 107 Å². The minimum atomic E-state index is -4.39. The average Bonchev–Trinajstić information content (AvgIpc) is 3.32. The Morgan fingerprint density at radius 2 is 1.53 bits per heavy atom. The molecule has 5 rings (SSSR count). The number of aromatic nitrogens is 1. The molecular formula is C34H37N4O7S2+. The number of rotatable bonds is 7. The maximum atomic E-state index is 12.2. The Kier molecular flexibility index (Phi) is 8.42. The van der Waals surface area contributed by atoms with Crippen LogP contribution in [0, 0.1) is 0 Å². The standard InChI is InChI=1S/C34H36N4O7S2/c1-33(2)25-18-23(46(40,41)42)11-14-28(25)37(6)30(33)16-9-21(27-13-8-22(20-36-27)32(39)35-5)10-17-31-34(3,4)26-19-24(47(43,44)45)12-15-29(26)38(31)7/h8-20H,1-7H3,(H2-,35,39,40,41,42,43,44,45)/p+1. The molecule has 0 bridgehead atoms. The van der Waals surface area contributed by atoms with Crippen molar-refractivity contribution >= 4 is 48.8 Å². The Morgan fingerprint density at radius 3 is 2.11 bits per heavy atom. The third kappa shape index (κ3) is 6.07. The highest BCUT2D eigenvalue weighted by molar-refractivity contribution is 7.86. The summed E-state index contributed by atoms with van der Waals surface area (Å²) in [5.41, 5.74) is 5.26. The number of benzene rings is 2. The number of hydrogen-bond donors (Lipinski definition) is 3. The van der Waals surface area contributed by atoms with Crippen molar-refractivity contribution < 1.29 is 35.3 Å². The first kappa shape index (κ1) is 33.9. The first-order valence-corrected chi connectivity index (χ1v) is 17.5. The minimum absolute atomic E-state index is 0.177. The highest BCUT2D eigenvalue weighted by Crippen LogP contribution is 2.48. The fraction of sp³-hybridized carbons (Fsp3) is 0.265. The normalized spacial score (nSPS) is 18.2. The Balaban J connectivity index is 1.61. The lowest BCUT2D eigenvalue weighted by Gasteiger charge is -2.24. The quantitative estimate of drug-likeness (QED) is 0.180. The minimum Gasteiger partial charge on any atom is -0.355 e. The second-order valence-electron chi connectivity index (χ2n) is 12.6. The molecule has 1 aromatic heterocycles. The number of allylic oxidation sites excluding steroid dienone is 6. The van der Waals surface area contributed by atoms with Gasteiger partial charge in [-0.05, 0) is 74.0 Å². The van der Waals surface area contributed by atoms with E-state index in [2.05, 4.69) is 10.3 Å². The molecule has 2 aromatic carbocycles. The van der Waals surface area contributed by atoms with Gasteiger partial charge in [0, 0.05) is 60.4 Å². The van der Waals surface area contributed by atoms with Crippen molar-refractivity contribution in [3.63, 3.8) is 0 Å². The maximum Gasteiger partial charge on any atom is 0.294 e. The van der Waals surface area contributed by atoms with Crippen LogP contribution in [-0.4, -0.2) is 68.3 Å². The van der Waals surface area contributed by atoms with Crippen LogP contribution in [0.1, 0.15) is 54.9 Å². The van der Waals surface area contributed by atoms with Gasteiger partial charge in [0.05, 0.1) is 26.5 Å². The number of nitrogens with zero attached hydrogens (tertiary/aromatic N) is 3. The van der Waals surface area contributed by atoms with E-state index in [1.54, 1.807) is 31.3 Å². The number of hydrogen-bond acceptors (Lipinski definition) is 7. The summed E-state index contributed by atoms with van der Waals surface area (Å²) in [5.74, 6) is -0.268. The Morgan fingerprint density at radius 1 is 0.915 bits per heavy atom. The van der Waals surface area contributed by atoms with Crippen molar-refractivity contribution in [1.82, 2.24) is 10.3 Å². The molecule has 0 unspecified atom stereocenters. The van der Waals surface area contributed by atoms with Gasteiger partial charge in [0.2, 0.25) is 5.69 Å². The van der Waals surface area contributed by atoms with Crippen LogP contribution >= 0.6 is 0 Å². The lowest BCUT2D eigenvalue weighted by Crippen LogP contribution is -2.26. The zero-order chi connectivity index (χ0) is 34.7. The molecular weight excluding hydrogens is 641 g/mol. The van der Waals surface area contributed by atoms with E-state index in [-0.39, 0.29) is 15.7 Å². The zero-order valence-electron chi connectivity index (χ0n) is 27.1. The molecule has 0 radical (unpaired) electrons. The van der Waals surface area contributed by atoms with Gasteiger partial charge in [-0.15, -0.1) is 0 Å². The fourth-order valence-corrected chi connectivity index (χ4v) is 7.37. The molecule has 47 heavy (non-hydrogen) atoms. The van der Waals surface area contributed by atoms with Gasteiger partial charge in [0.25, 0.3) is 26.1 Å². The van der Waals surface area contributed by atoms with Crippen LogP contribution in [0.3, 0.4) is 0 Å². The number of fused-ring (bicyclic) bond motifs is 2. The SMILES string of the molecule is CNC(=O)c1ccc(C(C=CC2=[N+](C)c3ccc(S(=O)(=O)O)cc3C2(C)C)=CC=C2N(C)c3ccc(S(=O)(=O)O)cc3C2(C)C)nc1. The molecule has 0 fully saturated rings. The molecule has 3 N–H and O–H groups in total. The maximum absolute atomic E-state index is 12.2. The summed E-state index contributed by atoms with van der Waals surface area (Å²) in [6, 6.07) is 12.5. The first-order valence-electron chi connectivity index (χ1n) is 14.7. The molecule has 2 aliphatic heterocycles. The average molecular weight is 678 g/mol. The largest absolute Gasteiger partial charge is 0.355 e. The van der Waals surface area contributed by atoms with Crippen LogP contribution in [-0.2, 0) is 31.1 Å². The van der Waals surface area contributed by atoms with Crippen molar-refractivity contribution in [2.45, 2.75) is 48.3 Å². The van der Waals surface area contributed by atoms with Crippen LogP contribution in [0.5, 0.6) is 0 Å². The number of anilines is 1. The van der Waals surface area contributed by atoms with Crippen LogP contribution in [0.25, 0.3) is 5.57 Å². The monoisotopic (exact) mass is 677 g/mol. The number of likely N-dealkylation sites (N-methyl/N-ethyl adjacent to an activating group) is 1. The van der Waals surface area contributed by atoms with Crippen LogP contribution in [0.2, 0.25) is 0 Å². The molecule has 0 atom stereocenters. The molecule has 1 amide bonds. The van der Waals surface area contributed by atoms with Crippen molar-refractivity contribution in [2.75, 3.05) is 26.0 Å². The summed E-state index contributed by atoms with van der Waals surface area (Å²) in [4.78, 5) is 18.4. The second-order valence-corrected chi connectivity index (χ2v) is 15.4. The van der Waals surface area contributed by atoms with Crippen LogP contribution < -0.4 is 10.2 Å². The Bertz CT molecular complexity index is 2160. The Labute approximate surface area is 275 Å². The summed E-state index contributed by atoms with van der Waals surface area (Å²) in [6.07, 6.45) is 9.15. The van der Waals surface area contributed by atoms with E-state index in [0.717, 1.165) is 33.9 Å². The third-order valence-electron chi connectivity index (χ3n) is 8.99. The van der Waals surface area contributed by atoms with E-state index in [0.29, 0.717) is 16.8 Å². The zero-order valence-corrected chi connectivity index (χ0v) is 28.7. The molecule has 11 nitrogen and oxygen atoms in total. The highest BCUT2D eigenvalue weighted by atomic mass is 32.2. The summed E-state index contributed by atoms with van der Waals surface area (Å²) in [6.45, 7) is 7.88. The number of nitrogens with one attached hydrogen (secondary N) is 1. The van der Waals surface area contributed by atoms with E-state index >= 15 is 0 Å². The van der Waals surface area contributed by atoms with Crippen molar-refractivity contribution in [3.8, 4) is 0 Å². The first-order chi connectivity index (χ1) is 21.8. The molecule has 246 valence electrons. The van der Waals surface area contributed by atoms with Gasteiger partial charge >= 0.3 is 0 Å². The summed E-state index contributed by atoms with van der Waals surface area (Å²) < 4.78 is 68.8. The van der Waals surface area contributed by atoms with E-state index < -0.39 is 31.1 Å². The smallest absolute Gasteiger partial charge is 0.294 e. The lowest BCUT2D eigenvalue weighted by molar-refractivity contribution is -0.401. The topological polar surface area (TPSA) is 157 Å². The lowest BCUT2D eigenvalue weighted by atomic mass is 9.81. The molecule has 0 aliphatic carbocycles. The highest BCUT2D eigenvalue weighted by Gasteiger charge is 2.44. The molecule has 0 spiro atoms. The van der Waals surface area contributed by atoms with Crippen LogP contribution in [0.4, 0.5) is 11.4 Å². The number of carbonyl (C=O) groups excluding carboxylic acids is 1. The Hall–Kier alpha value is -4.43. The van der Waals surface area contributed by atoms with Gasteiger partial charge in [-0.25, -0.2) is 0 Å². The van der Waals surface area contributed by atoms with Crippen molar-refractivity contribution in [1.29, 1.82) is 0 Å². The van der Waals surface area contributed by atoms with Crippen molar-refractivity contribution in [2.24, 2.45) is 0 Å². The number of carbonyl (C=O) groups is 1. The van der Waals surface area contributed by atoms with E-state index in [4.69, 9.17) is 0 Å². The summed E-state index contributed by atoms with van der Waals surface area (Å²) >= 11 is 0. The third-order valence-corrected chi connectivity index (χ3v) is 10.7. The van der Waals surface area contributed by atoms with E-state index in [1.165, 1.54) is 30.5 Å². The molecule has 3 aromatic rings. The predicted octanol–water partition coefficient (Wildman–Crippen LogP) is 4.89. The van der Waals surface area contributed by atoms with Gasteiger partial charge in [-0.2, -0.15) is 21.4 Å². The van der Waals surface area contributed by atoms with E-state index in [9.17, 15) is 30.7 Å². The van der Waals surface area contributed by atoms with Gasteiger partial charge in [0.1, 0.15) is 7.05 Å². The predicted molar refractivity (Wildman–Crippen MR) is 181 cm³/mol. The molecule has 0 saturated heterocycles. The second kappa shape index (κ2) is 11.7. The van der Waals surface area contributed by atoms with Crippen LogP contribution in [0.15, 0.2) is 94.5 Å². The van der Waals surface area contributed by atoms with Gasteiger partial charge in [-0.1, -0.05) is 19.9 Å². The molecule has 13 heteroatoms. The van der Waals surface area contributed by atoms with Gasteiger partial charge < -0.3 is 10.2 Å². The number of amides is 1. The summed E-state index contributed by atoms with van der Waals surface area (Å²) in [7, 11) is -3.46. The molecule has 0 saturated carbocycles.